The zero-order valence-corrected chi connectivity index (χ0v) is 15.0. The molecule has 0 unspecified atom stereocenters. The quantitative estimate of drug-likeness (QED) is 0.626. The number of rotatable bonds is 6. The molecule has 0 aliphatic rings. The maximum atomic E-state index is 12.9. The number of amides is 1. The van der Waals surface area contributed by atoms with Crippen LogP contribution in [0.25, 0.3) is 0 Å². The first-order valence-corrected chi connectivity index (χ1v) is 8.66. The van der Waals surface area contributed by atoms with Crippen LogP contribution in [0.3, 0.4) is 0 Å². The van der Waals surface area contributed by atoms with Gasteiger partial charge in [0, 0.05) is 23.6 Å². The van der Waals surface area contributed by atoms with Gasteiger partial charge in [0.25, 0.3) is 5.91 Å². The minimum absolute atomic E-state index is 0.0957. The lowest BCUT2D eigenvalue weighted by Crippen LogP contribution is -2.34. The van der Waals surface area contributed by atoms with E-state index in [4.69, 9.17) is 4.74 Å². The van der Waals surface area contributed by atoms with Gasteiger partial charge in [0.1, 0.15) is 6.61 Å². The Morgan fingerprint density at radius 2 is 1.67 bits per heavy atom. The van der Waals surface area contributed by atoms with Gasteiger partial charge < -0.3 is 9.64 Å². The Hall–Kier alpha value is -3.47. The van der Waals surface area contributed by atoms with Gasteiger partial charge in [0.05, 0.1) is 12.1 Å². The molecule has 5 nitrogen and oxygen atoms in total. The maximum absolute atomic E-state index is 12.9. The van der Waals surface area contributed by atoms with Crippen LogP contribution in [0.15, 0.2) is 79.1 Å². The van der Waals surface area contributed by atoms with E-state index in [-0.39, 0.29) is 19.1 Å². The number of para-hydroxylation sites is 1. The molecule has 0 radical (unpaired) electrons. The van der Waals surface area contributed by atoms with Gasteiger partial charge in [-0.25, -0.2) is 4.79 Å². The molecule has 0 aliphatic carbocycles. The van der Waals surface area contributed by atoms with Crippen molar-refractivity contribution in [3.05, 3.63) is 95.8 Å². The molecule has 0 N–H and O–H groups in total. The second-order valence-electron chi connectivity index (χ2n) is 6.03. The highest BCUT2D eigenvalue weighted by Gasteiger charge is 2.18. The molecule has 0 fully saturated rings. The molecule has 136 valence electrons. The Morgan fingerprint density at radius 3 is 2.37 bits per heavy atom. The highest BCUT2D eigenvalue weighted by Crippen LogP contribution is 2.16. The van der Waals surface area contributed by atoms with Crippen LogP contribution in [0, 0.1) is 6.92 Å². The standard InChI is InChI=1S/C22H20N2O3/c1-17-6-5-7-19(16-17)22(26)27-15-14-24(20-8-3-2-4-9-20)21(25)18-10-12-23-13-11-18/h2-13,16H,14-15H2,1H3. The minimum Gasteiger partial charge on any atom is -0.460 e. The highest BCUT2D eigenvalue weighted by atomic mass is 16.5. The lowest BCUT2D eigenvalue weighted by atomic mass is 10.1. The Morgan fingerprint density at radius 1 is 0.926 bits per heavy atom. The van der Waals surface area contributed by atoms with E-state index in [0.29, 0.717) is 11.1 Å². The molecule has 5 heteroatoms. The van der Waals surface area contributed by atoms with E-state index in [9.17, 15) is 9.59 Å². The third-order valence-corrected chi connectivity index (χ3v) is 4.04. The van der Waals surface area contributed by atoms with E-state index < -0.39 is 5.97 Å². The fraction of sp³-hybridized carbons (Fsp3) is 0.136. The van der Waals surface area contributed by atoms with Crippen molar-refractivity contribution in [3.8, 4) is 0 Å². The van der Waals surface area contributed by atoms with E-state index in [1.807, 2.05) is 49.4 Å². The second-order valence-corrected chi connectivity index (χ2v) is 6.03. The molecule has 0 bridgehead atoms. The van der Waals surface area contributed by atoms with Gasteiger partial charge in [-0.1, -0.05) is 35.9 Å². The number of hydrogen-bond donors (Lipinski definition) is 0. The summed E-state index contributed by atoms with van der Waals surface area (Å²) in [6.07, 6.45) is 3.16. The number of pyridine rings is 1. The van der Waals surface area contributed by atoms with Crippen molar-refractivity contribution in [2.75, 3.05) is 18.1 Å². The van der Waals surface area contributed by atoms with Gasteiger partial charge in [-0.2, -0.15) is 0 Å². The number of ether oxygens (including phenoxy) is 1. The average Bonchev–Trinajstić information content (AvgIpc) is 2.72. The number of carbonyl (C=O) groups excluding carboxylic acids is 2. The molecular formula is C22H20N2O3. The molecule has 3 rings (SSSR count). The zero-order chi connectivity index (χ0) is 19.1. The Balaban J connectivity index is 1.71. The molecule has 2 aromatic carbocycles. The van der Waals surface area contributed by atoms with E-state index in [2.05, 4.69) is 4.98 Å². The second kappa shape index (κ2) is 8.76. The van der Waals surface area contributed by atoms with Gasteiger partial charge >= 0.3 is 5.97 Å². The summed E-state index contributed by atoms with van der Waals surface area (Å²) in [4.78, 5) is 30.7. The van der Waals surface area contributed by atoms with Gasteiger partial charge in [-0.3, -0.25) is 9.78 Å². The fourth-order valence-electron chi connectivity index (χ4n) is 2.69. The predicted octanol–water partition coefficient (Wildman–Crippen LogP) is 3.89. The molecule has 0 atom stereocenters. The zero-order valence-electron chi connectivity index (χ0n) is 15.0. The van der Waals surface area contributed by atoms with Crippen molar-refractivity contribution in [1.29, 1.82) is 0 Å². The maximum Gasteiger partial charge on any atom is 0.338 e. The molecular weight excluding hydrogens is 340 g/mol. The van der Waals surface area contributed by atoms with Crippen molar-refractivity contribution in [2.24, 2.45) is 0 Å². The van der Waals surface area contributed by atoms with Crippen molar-refractivity contribution < 1.29 is 14.3 Å². The van der Waals surface area contributed by atoms with Crippen LogP contribution in [0.5, 0.6) is 0 Å². The fourth-order valence-corrected chi connectivity index (χ4v) is 2.69. The number of benzene rings is 2. The number of aromatic nitrogens is 1. The summed E-state index contributed by atoms with van der Waals surface area (Å²) in [5.74, 6) is -0.571. The summed E-state index contributed by atoms with van der Waals surface area (Å²) in [6.45, 7) is 2.27. The molecule has 0 saturated carbocycles. The number of aryl methyl sites for hydroxylation is 1. The predicted molar refractivity (Wildman–Crippen MR) is 104 cm³/mol. The summed E-state index contributed by atoms with van der Waals surface area (Å²) < 4.78 is 5.38. The van der Waals surface area contributed by atoms with E-state index in [1.54, 1.807) is 41.6 Å². The minimum atomic E-state index is -0.400. The summed E-state index contributed by atoms with van der Waals surface area (Å²) >= 11 is 0. The summed E-state index contributed by atoms with van der Waals surface area (Å²) in [5, 5.41) is 0. The summed E-state index contributed by atoms with van der Waals surface area (Å²) in [6, 6.07) is 19.9. The number of carbonyl (C=O) groups is 2. The largest absolute Gasteiger partial charge is 0.460 e. The highest BCUT2D eigenvalue weighted by molar-refractivity contribution is 6.06. The monoisotopic (exact) mass is 360 g/mol. The topological polar surface area (TPSA) is 59.5 Å². The Labute approximate surface area is 158 Å². The van der Waals surface area contributed by atoms with Crippen LogP contribution in [0.2, 0.25) is 0 Å². The Kier molecular flexibility index (Phi) is 5.94. The smallest absolute Gasteiger partial charge is 0.338 e. The first-order chi connectivity index (χ1) is 13.1. The lowest BCUT2D eigenvalue weighted by Gasteiger charge is -2.22. The van der Waals surface area contributed by atoms with E-state index >= 15 is 0 Å². The molecule has 0 spiro atoms. The van der Waals surface area contributed by atoms with E-state index in [0.717, 1.165) is 11.3 Å². The molecule has 27 heavy (non-hydrogen) atoms. The van der Waals surface area contributed by atoms with Crippen molar-refractivity contribution in [2.45, 2.75) is 6.92 Å². The molecule has 1 aromatic heterocycles. The average molecular weight is 360 g/mol. The molecule has 1 amide bonds. The number of anilines is 1. The lowest BCUT2D eigenvalue weighted by molar-refractivity contribution is 0.0511. The van der Waals surface area contributed by atoms with Crippen LogP contribution in [0.1, 0.15) is 26.3 Å². The number of nitrogens with zero attached hydrogens (tertiary/aromatic N) is 2. The SMILES string of the molecule is Cc1cccc(C(=O)OCCN(C(=O)c2ccncc2)c2ccccc2)c1. The van der Waals surface area contributed by atoms with Gasteiger partial charge in [0.2, 0.25) is 0 Å². The van der Waals surface area contributed by atoms with Crippen molar-refractivity contribution in [1.82, 2.24) is 4.98 Å². The first-order valence-electron chi connectivity index (χ1n) is 8.66. The summed E-state index contributed by atoms with van der Waals surface area (Å²) in [7, 11) is 0. The van der Waals surface area contributed by atoms with Crippen LogP contribution in [-0.2, 0) is 4.74 Å². The first kappa shape index (κ1) is 18.3. The van der Waals surface area contributed by atoms with Crippen LogP contribution >= 0.6 is 0 Å². The van der Waals surface area contributed by atoms with Crippen molar-refractivity contribution in [3.63, 3.8) is 0 Å². The molecule has 1 heterocycles. The molecule has 0 aliphatic heterocycles. The van der Waals surface area contributed by atoms with Gasteiger partial charge in [-0.05, 0) is 43.3 Å². The number of hydrogen-bond acceptors (Lipinski definition) is 4. The molecule has 3 aromatic rings. The van der Waals surface area contributed by atoms with Gasteiger partial charge in [-0.15, -0.1) is 0 Å². The third kappa shape index (κ3) is 4.79. The summed E-state index contributed by atoms with van der Waals surface area (Å²) in [5.41, 5.74) is 2.76. The molecule has 0 saturated heterocycles. The van der Waals surface area contributed by atoms with Gasteiger partial charge in [0.15, 0.2) is 0 Å². The van der Waals surface area contributed by atoms with Crippen molar-refractivity contribution >= 4 is 17.6 Å². The Bertz CT molecular complexity index is 911. The number of esters is 1. The normalized spacial score (nSPS) is 10.3. The van der Waals surface area contributed by atoms with Crippen LogP contribution in [-0.4, -0.2) is 30.0 Å². The van der Waals surface area contributed by atoms with Crippen LogP contribution in [0.4, 0.5) is 5.69 Å². The van der Waals surface area contributed by atoms with E-state index in [1.165, 1.54) is 0 Å². The third-order valence-electron chi connectivity index (χ3n) is 4.04. The van der Waals surface area contributed by atoms with Crippen LogP contribution < -0.4 is 4.90 Å².